The Labute approximate surface area is 210 Å². The second-order valence-electron chi connectivity index (χ2n) is 9.37. The molecule has 5 nitrogen and oxygen atoms in total. The zero-order valence-corrected chi connectivity index (χ0v) is 21.2. The lowest BCUT2D eigenvalue weighted by Gasteiger charge is -2.34. The monoisotopic (exact) mass is 497 g/mol. The summed E-state index contributed by atoms with van der Waals surface area (Å²) in [5.74, 6) is 0.105. The van der Waals surface area contributed by atoms with E-state index in [0.29, 0.717) is 35.4 Å². The van der Waals surface area contributed by atoms with E-state index in [2.05, 4.69) is 6.92 Å². The molecule has 0 spiro atoms. The summed E-state index contributed by atoms with van der Waals surface area (Å²) in [6, 6.07) is 11.1. The van der Waals surface area contributed by atoms with Gasteiger partial charge in [0.05, 0.1) is 27.7 Å². The lowest BCUT2D eigenvalue weighted by atomic mass is 10.0. The number of hydrogen-bond donors (Lipinski definition) is 0. The van der Waals surface area contributed by atoms with Gasteiger partial charge in [0.1, 0.15) is 11.6 Å². The molecule has 1 aromatic heterocycles. The van der Waals surface area contributed by atoms with Gasteiger partial charge in [0.2, 0.25) is 5.91 Å². The van der Waals surface area contributed by atoms with Crippen molar-refractivity contribution >= 4 is 28.4 Å². The molecule has 1 aliphatic rings. The highest BCUT2D eigenvalue weighted by atomic mass is 35.5. The molecule has 35 heavy (non-hydrogen) atoms. The summed E-state index contributed by atoms with van der Waals surface area (Å²) >= 11 is 6.11. The number of fused-ring (bicyclic) bond motifs is 1. The largest absolute Gasteiger partial charge is 0.332 e. The number of carbonyl (C=O) groups excluding carboxylic acids is 1. The fourth-order valence-electron chi connectivity index (χ4n) is 5.15. The third-order valence-electron chi connectivity index (χ3n) is 7.01. The van der Waals surface area contributed by atoms with E-state index in [1.54, 1.807) is 12.1 Å². The molecule has 2 aromatic carbocycles. The highest BCUT2D eigenvalue weighted by molar-refractivity contribution is 6.30. The van der Waals surface area contributed by atoms with Gasteiger partial charge in [-0.2, -0.15) is 0 Å². The zero-order valence-electron chi connectivity index (χ0n) is 20.5. The van der Waals surface area contributed by atoms with Gasteiger partial charge < -0.3 is 4.90 Å². The lowest BCUT2D eigenvalue weighted by Crippen LogP contribution is -2.41. The zero-order chi connectivity index (χ0) is 24.9. The lowest BCUT2D eigenvalue weighted by molar-refractivity contribution is -0.138. The molecule has 1 saturated carbocycles. The van der Waals surface area contributed by atoms with Gasteiger partial charge >= 0.3 is 0 Å². The minimum absolute atomic E-state index is 0.0200. The van der Waals surface area contributed by atoms with Gasteiger partial charge in [-0.25, -0.2) is 9.37 Å². The minimum atomic E-state index is -0.552. The van der Waals surface area contributed by atoms with Crippen LogP contribution in [0.15, 0.2) is 47.3 Å². The first-order chi connectivity index (χ1) is 17.0. The smallest absolute Gasteiger partial charge is 0.266 e. The Bertz CT molecular complexity index is 1250. The maximum Gasteiger partial charge on any atom is 0.266 e. The van der Waals surface area contributed by atoms with Crippen LogP contribution in [0.2, 0.25) is 5.02 Å². The summed E-state index contributed by atoms with van der Waals surface area (Å²) in [5.41, 5.74) is 0.765. The van der Waals surface area contributed by atoms with E-state index in [9.17, 15) is 14.0 Å². The Morgan fingerprint density at radius 1 is 1.17 bits per heavy atom. The van der Waals surface area contributed by atoms with Crippen LogP contribution in [0.1, 0.15) is 77.1 Å². The van der Waals surface area contributed by atoms with Crippen LogP contribution < -0.4 is 5.56 Å². The third-order valence-corrected chi connectivity index (χ3v) is 7.30. The van der Waals surface area contributed by atoms with Gasteiger partial charge in [0.15, 0.2) is 0 Å². The summed E-state index contributed by atoms with van der Waals surface area (Å²) in [7, 11) is 0. The summed E-state index contributed by atoms with van der Waals surface area (Å²) < 4.78 is 15.5. The fourth-order valence-corrected chi connectivity index (χ4v) is 5.32. The molecule has 1 heterocycles. The van der Waals surface area contributed by atoms with Crippen molar-refractivity contribution in [3.63, 3.8) is 0 Å². The highest BCUT2D eigenvalue weighted by Gasteiger charge is 2.34. The number of para-hydroxylation sites is 1. The van der Waals surface area contributed by atoms with Crippen molar-refractivity contribution in [2.45, 2.75) is 71.3 Å². The fraction of sp³-hybridized carbons (Fsp3) is 0.464. The average Bonchev–Trinajstić information content (AvgIpc) is 3.40. The standard InChI is InChI=1S/C28H33ClFN3O2/c1-3-5-10-17-32(27(34)19-11-6-7-12-19)25(4-2)26-31-24-14-9-8-13-21(24)28(35)33(26)20-15-16-23(30)22(29)18-20/h8-9,13-16,18-19,25H,3-7,10-12,17H2,1-2H3. The number of carbonyl (C=O) groups is 1. The Balaban J connectivity index is 1.90. The van der Waals surface area contributed by atoms with E-state index in [0.717, 1.165) is 44.9 Å². The van der Waals surface area contributed by atoms with Gasteiger partial charge in [-0.1, -0.05) is 63.3 Å². The maximum atomic E-state index is 14.0. The van der Waals surface area contributed by atoms with E-state index < -0.39 is 5.82 Å². The topological polar surface area (TPSA) is 55.2 Å². The van der Waals surface area contributed by atoms with E-state index in [4.69, 9.17) is 16.6 Å². The van der Waals surface area contributed by atoms with Gasteiger partial charge in [-0.15, -0.1) is 0 Å². The Hall–Kier alpha value is -2.73. The number of benzene rings is 2. The Morgan fingerprint density at radius 2 is 1.91 bits per heavy atom. The first kappa shape index (κ1) is 25.4. The van der Waals surface area contributed by atoms with Crippen LogP contribution in [0.4, 0.5) is 4.39 Å². The molecule has 1 unspecified atom stereocenters. The summed E-state index contributed by atoms with van der Waals surface area (Å²) in [6.45, 7) is 4.78. The number of halogens is 2. The van der Waals surface area contributed by atoms with Gasteiger partial charge in [-0.05, 0) is 56.0 Å². The van der Waals surface area contributed by atoms with E-state index in [-0.39, 0.29) is 28.4 Å². The number of amides is 1. The van der Waals surface area contributed by atoms with Crippen LogP contribution in [-0.4, -0.2) is 26.9 Å². The van der Waals surface area contributed by atoms with E-state index in [1.807, 2.05) is 24.0 Å². The predicted octanol–water partition coefficient (Wildman–Crippen LogP) is 6.84. The van der Waals surface area contributed by atoms with Crippen molar-refractivity contribution in [1.82, 2.24) is 14.5 Å². The van der Waals surface area contributed by atoms with Crippen molar-refractivity contribution in [2.75, 3.05) is 6.54 Å². The predicted molar refractivity (Wildman–Crippen MR) is 139 cm³/mol. The van der Waals surface area contributed by atoms with Crippen molar-refractivity contribution in [1.29, 1.82) is 0 Å². The number of nitrogens with zero attached hydrogens (tertiary/aromatic N) is 3. The third kappa shape index (κ3) is 5.27. The maximum absolute atomic E-state index is 14.0. The van der Waals surface area contributed by atoms with Crippen LogP contribution in [0.25, 0.3) is 16.6 Å². The minimum Gasteiger partial charge on any atom is -0.332 e. The molecular weight excluding hydrogens is 465 g/mol. The van der Waals surface area contributed by atoms with Crippen LogP contribution in [0.3, 0.4) is 0 Å². The Kier molecular flexibility index (Phi) is 8.22. The number of aromatic nitrogens is 2. The Morgan fingerprint density at radius 3 is 2.60 bits per heavy atom. The molecule has 1 amide bonds. The van der Waals surface area contributed by atoms with Gasteiger partial charge in [-0.3, -0.25) is 14.2 Å². The summed E-state index contributed by atoms with van der Waals surface area (Å²) in [4.78, 5) is 34.4. The molecule has 4 rings (SSSR count). The number of rotatable bonds is 9. The molecule has 0 bridgehead atoms. The van der Waals surface area contributed by atoms with Crippen molar-refractivity contribution in [2.24, 2.45) is 5.92 Å². The number of unbranched alkanes of at least 4 members (excludes halogenated alkanes) is 2. The molecule has 3 aromatic rings. The van der Waals surface area contributed by atoms with Crippen molar-refractivity contribution in [3.8, 4) is 5.69 Å². The normalized spacial score (nSPS) is 15.0. The van der Waals surface area contributed by atoms with E-state index >= 15 is 0 Å². The highest BCUT2D eigenvalue weighted by Crippen LogP contribution is 2.33. The molecular formula is C28H33ClFN3O2. The molecule has 1 aliphatic carbocycles. The first-order valence-corrected chi connectivity index (χ1v) is 13.1. The molecule has 0 N–H and O–H groups in total. The van der Waals surface area contributed by atoms with Crippen LogP contribution in [-0.2, 0) is 4.79 Å². The van der Waals surface area contributed by atoms with Crippen LogP contribution >= 0.6 is 11.6 Å². The average molecular weight is 498 g/mol. The quantitative estimate of drug-likeness (QED) is 0.304. The molecule has 1 atom stereocenters. The number of hydrogen-bond acceptors (Lipinski definition) is 3. The molecule has 0 aliphatic heterocycles. The van der Waals surface area contributed by atoms with E-state index in [1.165, 1.54) is 22.8 Å². The summed E-state index contributed by atoms with van der Waals surface area (Å²) in [5, 5.41) is 0.398. The van der Waals surface area contributed by atoms with Crippen molar-refractivity contribution in [3.05, 3.63) is 69.5 Å². The molecule has 186 valence electrons. The molecule has 0 saturated heterocycles. The van der Waals surface area contributed by atoms with Gasteiger partial charge in [0, 0.05) is 12.5 Å². The summed E-state index contributed by atoms with van der Waals surface area (Å²) in [6.07, 6.45) is 7.53. The second kappa shape index (κ2) is 11.3. The molecule has 0 radical (unpaired) electrons. The first-order valence-electron chi connectivity index (χ1n) is 12.7. The molecule has 7 heteroatoms. The second-order valence-corrected chi connectivity index (χ2v) is 9.78. The SMILES string of the molecule is CCCCCN(C(=O)C1CCCC1)C(CC)c1nc2ccccc2c(=O)n1-c1ccc(F)c(Cl)c1. The van der Waals surface area contributed by atoms with Crippen LogP contribution in [0.5, 0.6) is 0 Å². The van der Waals surface area contributed by atoms with Crippen LogP contribution in [0, 0.1) is 11.7 Å². The van der Waals surface area contributed by atoms with Gasteiger partial charge in [0.25, 0.3) is 5.56 Å². The molecule has 1 fully saturated rings. The van der Waals surface area contributed by atoms with Crippen molar-refractivity contribution < 1.29 is 9.18 Å².